The lowest BCUT2D eigenvalue weighted by Gasteiger charge is -2.22. The molecule has 6 nitrogen and oxygen atoms in total. The maximum atomic E-state index is 12.0. The molecule has 6 heteroatoms. The fourth-order valence-corrected chi connectivity index (χ4v) is 2.33. The summed E-state index contributed by atoms with van der Waals surface area (Å²) in [4.78, 5) is 35.2. The maximum Gasteiger partial charge on any atom is 0.251 e. The Morgan fingerprint density at radius 2 is 2.17 bits per heavy atom. The predicted molar refractivity (Wildman–Crippen MR) is 88.7 cm³/mol. The van der Waals surface area contributed by atoms with Crippen LogP contribution in [0, 0.1) is 5.92 Å². The van der Waals surface area contributed by atoms with Gasteiger partial charge < -0.3 is 10.3 Å². The number of hydrogen-bond acceptors (Lipinski definition) is 4. The first-order valence-corrected chi connectivity index (χ1v) is 7.82. The number of pyridine rings is 1. The Morgan fingerprint density at radius 3 is 2.78 bits per heavy atom. The van der Waals surface area contributed by atoms with Crippen molar-refractivity contribution in [1.82, 2.24) is 20.3 Å². The van der Waals surface area contributed by atoms with E-state index >= 15 is 0 Å². The van der Waals surface area contributed by atoms with Crippen molar-refractivity contribution in [2.24, 2.45) is 5.92 Å². The van der Waals surface area contributed by atoms with E-state index in [1.54, 1.807) is 18.5 Å². The van der Waals surface area contributed by atoms with Gasteiger partial charge in [-0.2, -0.15) is 0 Å². The first-order valence-electron chi connectivity index (χ1n) is 7.82. The van der Waals surface area contributed by atoms with Crippen LogP contribution in [0.15, 0.2) is 35.4 Å². The molecule has 0 radical (unpaired) electrons. The van der Waals surface area contributed by atoms with Gasteiger partial charge in [-0.25, -0.2) is 4.98 Å². The van der Waals surface area contributed by atoms with Gasteiger partial charge in [0.15, 0.2) is 0 Å². The summed E-state index contributed by atoms with van der Waals surface area (Å²) >= 11 is 0. The molecule has 0 bridgehead atoms. The van der Waals surface area contributed by atoms with Gasteiger partial charge in [-0.3, -0.25) is 14.6 Å². The third kappa shape index (κ3) is 4.48. The molecule has 1 amide bonds. The second-order valence-electron chi connectivity index (χ2n) is 5.80. The molecule has 2 N–H and O–H groups in total. The highest BCUT2D eigenvalue weighted by Gasteiger charge is 2.21. The van der Waals surface area contributed by atoms with E-state index in [2.05, 4.69) is 20.3 Å². The smallest absolute Gasteiger partial charge is 0.251 e. The molecule has 0 aliphatic rings. The zero-order chi connectivity index (χ0) is 16.8. The zero-order valence-electron chi connectivity index (χ0n) is 13.7. The molecule has 122 valence electrons. The van der Waals surface area contributed by atoms with Crippen LogP contribution < -0.4 is 10.9 Å². The number of nitrogens with zero attached hydrogens (tertiary/aromatic N) is 2. The Labute approximate surface area is 135 Å². The number of rotatable bonds is 6. The van der Waals surface area contributed by atoms with E-state index in [0.29, 0.717) is 17.9 Å². The summed E-state index contributed by atoms with van der Waals surface area (Å²) in [7, 11) is 0. The van der Waals surface area contributed by atoms with Crippen LogP contribution in [0.3, 0.4) is 0 Å². The molecular formula is C17H22N4O2. The number of carbonyl (C=O) groups excluding carboxylic acids is 1. The molecule has 23 heavy (non-hydrogen) atoms. The second kappa shape index (κ2) is 7.67. The third-order valence-corrected chi connectivity index (χ3v) is 3.48. The van der Waals surface area contributed by atoms with Gasteiger partial charge in [0.2, 0.25) is 5.91 Å². The molecule has 0 fully saturated rings. The SMILES string of the molecule is CCCC(=O)N[C@H](c1cc(=O)[nH]c(-c2cccnc2)n1)C(C)C. The first-order chi connectivity index (χ1) is 11.0. The minimum atomic E-state index is -0.299. The Bertz CT molecular complexity index is 710. The normalized spacial score (nSPS) is 12.2. The minimum absolute atomic E-state index is 0.0313. The lowest BCUT2D eigenvalue weighted by atomic mass is 10.00. The van der Waals surface area contributed by atoms with Gasteiger partial charge in [0.1, 0.15) is 5.82 Å². The third-order valence-electron chi connectivity index (χ3n) is 3.48. The number of amides is 1. The molecule has 0 unspecified atom stereocenters. The summed E-state index contributed by atoms with van der Waals surface area (Å²) in [5, 5.41) is 2.97. The second-order valence-corrected chi connectivity index (χ2v) is 5.80. The molecule has 0 aromatic carbocycles. The fraction of sp³-hybridized carbons (Fsp3) is 0.412. The highest BCUT2D eigenvalue weighted by Crippen LogP contribution is 2.21. The summed E-state index contributed by atoms with van der Waals surface area (Å²) in [6.07, 6.45) is 4.54. The molecule has 0 saturated heterocycles. The van der Waals surface area contributed by atoms with Crippen LogP contribution in [0.2, 0.25) is 0 Å². The summed E-state index contributed by atoms with van der Waals surface area (Å²) in [5.41, 5.74) is 1.05. The largest absolute Gasteiger partial charge is 0.347 e. The summed E-state index contributed by atoms with van der Waals surface area (Å²) in [6.45, 7) is 5.93. The quantitative estimate of drug-likeness (QED) is 0.857. The number of carbonyl (C=O) groups is 1. The van der Waals surface area contributed by atoms with Gasteiger partial charge in [-0.15, -0.1) is 0 Å². The van der Waals surface area contributed by atoms with Crippen molar-refractivity contribution in [3.8, 4) is 11.4 Å². The minimum Gasteiger partial charge on any atom is -0.347 e. The fourth-order valence-electron chi connectivity index (χ4n) is 2.33. The number of hydrogen-bond donors (Lipinski definition) is 2. The van der Waals surface area contributed by atoms with Crippen LogP contribution in [-0.2, 0) is 4.79 Å². The maximum absolute atomic E-state index is 12.0. The van der Waals surface area contributed by atoms with E-state index in [1.165, 1.54) is 6.07 Å². The number of nitrogens with one attached hydrogen (secondary N) is 2. The van der Waals surface area contributed by atoms with Crippen LogP contribution in [0.25, 0.3) is 11.4 Å². The van der Waals surface area contributed by atoms with E-state index in [9.17, 15) is 9.59 Å². The van der Waals surface area contributed by atoms with E-state index in [4.69, 9.17) is 0 Å². The number of aromatic amines is 1. The summed E-state index contributed by atoms with van der Waals surface area (Å²) < 4.78 is 0. The standard InChI is InChI=1S/C17H22N4O2/c1-4-6-14(22)20-16(11(2)3)13-9-15(23)21-17(19-13)12-7-5-8-18-10-12/h5,7-11,16H,4,6H2,1-3H3,(H,20,22)(H,19,21,23)/t16-/m0/s1. The van der Waals surface area contributed by atoms with Crippen LogP contribution in [0.1, 0.15) is 45.3 Å². The monoisotopic (exact) mass is 314 g/mol. The molecule has 2 rings (SSSR count). The van der Waals surface area contributed by atoms with Gasteiger partial charge in [-0.05, 0) is 24.5 Å². The summed E-state index contributed by atoms with van der Waals surface area (Å²) in [6, 6.07) is 4.75. The predicted octanol–water partition coefficient (Wildman–Crippen LogP) is 2.45. The van der Waals surface area contributed by atoms with Crippen LogP contribution in [-0.4, -0.2) is 20.9 Å². The molecule has 0 aliphatic carbocycles. The van der Waals surface area contributed by atoms with Gasteiger partial charge in [-0.1, -0.05) is 20.8 Å². The van der Waals surface area contributed by atoms with Gasteiger partial charge >= 0.3 is 0 Å². The highest BCUT2D eigenvalue weighted by molar-refractivity contribution is 5.76. The van der Waals surface area contributed by atoms with Gasteiger partial charge in [0.25, 0.3) is 5.56 Å². The van der Waals surface area contributed by atoms with Crippen molar-refractivity contribution in [1.29, 1.82) is 0 Å². The van der Waals surface area contributed by atoms with Crippen LogP contribution in [0.4, 0.5) is 0 Å². The Morgan fingerprint density at radius 1 is 1.39 bits per heavy atom. The molecule has 0 spiro atoms. The van der Waals surface area contributed by atoms with E-state index in [1.807, 2.05) is 26.8 Å². The van der Waals surface area contributed by atoms with E-state index in [0.717, 1.165) is 12.0 Å². The Hall–Kier alpha value is -2.50. The van der Waals surface area contributed by atoms with Crippen molar-refractivity contribution >= 4 is 5.91 Å². The Balaban J connectivity index is 2.38. The van der Waals surface area contributed by atoms with Crippen LogP contribution in [0.5, 0.6) is 0 Å². The van der Waals surface area contributed by atoms with E-state index in [-0.39, 0.29) is 23.4 Å². The lowest BCUT2D eigenvalue weighted by molar-refractivity contribution is -0.122. The number of aromatic nitrogens is 3. The van der Waals surface area contributed by atoms with Crippen molar-refractivity contribution in [2.75, 3.05) is 0 Å². The summed E-state index contributed by atoms with van der Waals surface area (Å²) in [5.74, 6) is 0.541. The van der Waals surface area contributed by atoms with Crippen molar-refractivity contribution in [3.63, 3.8) is 0 Å². The zero-order valence-corrected chi connectivity index (χ0v) is 13.7. The average Bonchev–Trinajstić information content (AvgIpc) is 2.53. The molecular weight excluding hydrogens is 292 g/mol. The van der Waals surface area contributed by atoms with Gasteiger partial charge in [0, 0.05) is 30.4 Å². The molecule has 0 saturated carbocycles. The molecule has 0 aliphatic heterocycles. The first kappa shape index (κ1) is 16.9. The molecule has 2 aromatic heterocycles. The average molecular weight is 314 g/mol. The molecule has 2 heterocycles. The highest BCUT2D eigenvalue weighted by atomic mass is 16.1. The Kier molecular flexibility index (Phi) is 5.62. The lowest BCUT2D eigenvalue weighted by Crippen LogP contribution is -2.33. The van der Waals surface area contributed by atoms with Crippen molar-refractivity contribution < 1.29 is 4.79 Å². The molecule has 2 aromatic rings. The van der Waals surface area contributed by atoms with Crippen LogP contribution >= 0.6 is 0 Å². The van der Waals surface area contributed by atoms with Crippen molar-refractivity contribution in [2.45, 2.75) is 39.7 Å². The van der Waals surface area contributed by atoms with E-state index < -0.39 is 0 Å². The molecule has 1 atom stereocenters. The van der Waals surface area contributed by atoms with Crippen molar-refractivity contribution in [3.05, 3.63) is 46.6 Å². The number of H-pyrrole nitrogens is 1. The topological polar surface area (TPSA) is 87.7 Å². The van der Waals surface area contributed by atoms with Gasteiger partial charge in [0.05, 0.1) is 11.7 Å².